The number of nitrogens with two attached hydrogens (primary N) is 1. The summed E-state index contributed by atoms with van der Waals surface area (Å²) in [5.74, 6) is -0.155. The van der Waals surface area contributed by atoms with Gasteiger partial charge >= 0.3 is 0 Å². The van der Waals surface area contributed by atoms with Gasteiger partial charge in [0.15, 0.2) is 0 Å². The van der Waals surface area contributed by atoms with Crippen molar-refractivity contribution in [1.82, 2.24) is 20.3 Å². The van der Waals surface area contributed by atoms with Crippen LogP contribution in [-0.2, 0) is 6.42 Å². The van der Waals surface area contributed by atoms with Gasteiger partial charge in [-0.15, -0.1) is 0 Å². The average molecular weight is 386 g/mol. The number of aryl methyl sites for hydroxylation is 1. The molecule has 3 rings (SSSR count). The minimum Gasteiger partial charge on any atom is -0.395 e. The van der Waals surface area contributed by atoms with E-state index in [0.717, 1.165) is 17.5 Å². The molecule has 0 saturated carbocycles. The summed E-state index contributed by atoms with van der Waals surface area (Å²) in [7, 11) is 0. The molecule has 27 heavy (non-hydrogen) atoms. The van der Waals surface area contributed by atoms with E-state index in [1.54, 1.807) is 18.3 Å². The molecule has 0 saturated heterocycles. The number of rotatable bonds is 6. The first-order chi connectivity index (χ1) is 13.0. The Labute approximate surface area is 161 Å². The monoisotopic (exact) mass is 385 g/mol. The Hall–Kier alpha value is -2.90. The second kappa shape index (κ2) is 8.20. The quantitative estimate of drug-likeness (QED) is 0.520. The lowest BCUT2D eigenvalue weighted by Crippen LogP contribution is -2.26. The fourth-order valence-corrected chi connectivity index (χ4v) is 3.03. The van der Waals surface area contributed by atoms with Gasteiger partial charge in [-0.3, -0.25) is 4.79 Å². The summed E-state index contributed by atoms with van der Waals surface area (Å²) >= 11 is 6.20. The molecule has 7 nitrogen and oxygen atoms in total. The number of hydrogen-bond donors (Lipinski definition) is 4. The van der Waals surface area contributed by atoms with E-state index in [0.29, 0.717) is 27.7 Å². The van der Waals surface area contributed by atoms with Crippen molar-refractivity contribution in [2.75, 3.05) is 18.9 Å². The molecule has 0 bridgehead atoms. The fraction of sp³-hybridized carbons (Fsp3) is 0.211. The van der Waals surface area contributed by atoms with Crippen LogP contribution in [0.1, 0.15) is 22.8 Å². The molecule has 0 fully saturated rings. The lowest BCUT2D eigenvalue weighted by molar-refractivity contribution is 0.0945. The number of hydrogen-bond acceptors (Lipinski definition) is 5. The minimum atomic E-state index is -0.300. The highest BCUT2D eigenvalue weighted by Gasteiger charge is 2.20. The number of halogens is 1. The summed E-state index contributed by atoms with van der Waals surface area (Å²) in [5.41, 5.74) is 9.85. The summed E-state index contributed by atoms with van der Waals surface area (Å²) in [6.07, 6.45) is 2.33. The predicted octanol–water partition coefficient (Wildman–Crippen LogP) is 2.66. The van der Waals surface area contributed by atoms with E-state index >= 15 is 0 Å². The van der Waals surface area contributed by atoms with Crippen molar-refractivity contribution in [3.05, 3.63) is 52.7 Å². The van der Waals surface area contributed by atoms with Crippen molar-refractivity contribution >= 4 is 23.5 Å². The zero-order valence-corrected chi connectivity index (χ0v) is 15.5. The topological polar surface area (TPSA) is 117 Å². The number of amides is 1. The van der Waals surface area contributed by atoms with Gasteiger partial charge in [-0.2, -0.15) is 0 Å². The van der Waals surface area contributed by atoms with Gasteiger partial charge < -0.3 is 21.1 Å². The first-order valence-corrected chi connectivity index (χ1v) is 8.91. The van der Waals surface area contributed by atoms with Crippen LogP contribution in [0.4, 0.5) is 5.95 Å². The van der Waals surface area contributed by atoms with E-state index in [2.05, 4.69) is 20.3 Å². The Balaban J connectivity index is 2.16. The van der Waals surface area contributed by atoms with E-state index < -0.39 is 0 Å². The number of nitrogens with one attached hydrogen (secondary N) is 2. The minimum absolute atomic E-state index is 0.141. The number of nitrogen functional groups attached to an aromatic ring is 1. The van der Waals surface area contributed by atoms with Crippen molar-refractivity contribution in [2.24, 2.45) is 0 Å². The van der Waals surface area contributed by atoms with E-state index in [1.165, 1.54) is 0 Å². The number of aliphatic hydroxyl groups is 1. The van der Waals surface area contributed by atoms with Crippen LogP contribution in [0, 0.1) is 0 Å². The first kappa shape index (κ1) is 18.9. The van der Waals surface area contributed by atoms with Crippen LogP contribution >= 0.6 is 11.6 Å². The Morgan fingerprint density at radius 1 is 1.33 bits per heavy atom. The summed E-state index contributed by atoms with van der Waals surface area (Å²) in [6, 6.07) is 9.01. The zero-order valence-electron chi connectivity index (χ0n) is 14.8. The average Bonchev–Trinajstić information content (AvgIpc) is 3.11. The highest BCUT2D eigenvalue weighted by molar-refractivity contribution is 6.31. The number of aliphatic hydroxyl groups excluding tert-OH is 1. The van der Waals surface area contributed by atoms with E-state index in [9.17, 15) is 4.79 Å². The highest BCUT2D eigenvalue weighted by Crippen LogP contribution is 2.32. The van der Waals surface area contributed by atoms with E-state index in [-0.39, 0.29) is 25.0 Å². The van der Waals surface area contributed by atoms with Crippen LogP contribution in [0.5, 0.6) is 0 Å². The van der Waals surface area contributed by atoms with Gasteiger partial charge in [0.05, 0.1) is 29.3 Å². The van der Waals surface area contributed by atoms with Gasteiger partial charge in [0, 0.05) is 23.3 Å². The molecule has 0 spiro atoms. The van der Waals surface area contributed by atoms with Gasteiger partial charge in [0.25, 0.3) is 5.91 Å². The molecule has 0 radical (unpaired) electrons. The van der Waals surface area contributed by atoms with Crippen molar-refractivity contribution in [1.29, 1.82) is 0 Å². The molecule has 8 heteroatoms. The highest BCUT2D eigenvalue weighted by atomic mass is 35.5. The molecular weight excluding hydrogens is 366 g/mol. The van der Waals surface area contributed by atoms with Crippen LogP contribution in [0.2, 0.25) is 5.02 Å². The molecule has 3 aromatic rings. The molecule has 5 N–H and O–H groups in total. The summed E-state index contributed by atoms with van der Waals surface area (Å²) in [4.78, 5) is 24.0. The molecule has 0 aliphatic carbocycles. The second-order valence-corrected chi connectivity index (χ2v) is 6.34. The van der Waals surface area contributed by atoms with Crippen LogP contribution in [0.3, 0.4) is 0 Å². The van der Waals surface area contributed by atoms with Gasteiger partial charge in [-0.25, -0.2) is 9.97 Å². The third-order valence-electron chi connectivity index (χ3n) is 4.13. The molecular formula is C19H20ClN5O2. The maximum atomic E-state index is 12.7. The molecule has 2 aromatic heterocycles. The molecule has 0 aliphatic rings. The van der Waals surface area contributed by atoms with Crippen LogP contribution in [0.15, 0.2) is 36.5 Å². The van der Waals surface area contributed by atoms with Crippen LogP contribution in [0.25, 0.3) is 22.6 Å². The van der Waals surface area contributed by atoms with Crippen molar-refractivity contribution in [2.45, 2.75) is 13.3 Å². The molecule has 1 aromatic carbocycles. The number of benzene rings is 1. The van der Waals surface area contributed by atoms with Gasteiger partial charge in [-0.05, 0) is 36.2 Å². The molecule has 140 valence electrons. The van der Waals surface area contributed by atoms with E-state index in [4.69, 9.17) is 22.4 Å². The number of carbonyl (C=O) groups is 1. The predicted molar refractivity (Wildman–Crippen MR) is 105 cm³/mol. The molecule has 0 aliphatic heterocycles. The molecule has 0 atom stereocenters. The smallest absolute Gasteiger partial charge is 0.253 e. The Bertz CT molecular complexity index is 970. The van der Waals surface area contributed by atoms with Gasteiger partial charge in [-0.1, -0.05) is 24.6 Å². The molecule has 0 unspecified atom stereocenters. The second-order valence-electron chi connectivity index (χ2n) is 5.91. The number of H-pyrrole nitrogens is 1. The number of aromatic nitrogens is 3. The number of carbonyl (C=O) groups excluding carboxylic acids is 1. The first-order valence-electron chi connectivity index (χ1n) is 8.53. The summed E-state index contributed by atoms with van der Waals surface area (Å²) in [6.45, 7) is 2.06. The van der Waals surface area contributed by atoms with Crippen molar-refractivity contribution in [3.63, 3.8) is 0 Å². The number of nitrogens with zero attached hydrogens (tertiary/aromatic N) is 2. The largest absolute Gasteiger partial charge is 0.395 e. The summed E-state index contributed by atoms with van der Waals surface area (Å²) < 4.78 is 0. The maximum Gasteiger partial charge on any atom is 0.253 e. The third-order valence-corrected chi connectivity index (χ3v) is 4.37. The molecule has 2 heterocycles. The van der Waals surface area contributed by atoms with Gasteiger partial charge in [0.2, 0.25) is 5.95 Å². The van der Waals surface area contributed by atoms with Crippen LogP contribution in [-0.4, -0.2) is 39.1 Å². The summed E-state index contributed by atoms with van der Waals surface area (Å²) in [5, 5.41) is 12.3. The normalized spacial score (nSPS) is 10.8. The fourth-order valence-electron chi connectivity index (χ4n) is 2.86. The lowest BCUT2D eigenvalue weighted by atomic mass is 9.99. The Morgan fingerprint density at radius 3 is 2.85 bits per heavy atom. The van der Waals surface area contributed by atoms with Gasteiger partial charge in [0.1, 0.15) is 0 Å². The Morgan fingerprint density at radius 2 is 2.15 bits per heavy atom. The van der Waals surface area contributed by atoms with Crippen molar-refractivity contribution in [3.8, 4) is 22.6 Å². The zero-order chi connectivity index (χ0) is 19.4. The van der Waals surface area contributed by atoms with Crippen LogP contribution < -0.4 is 11.1 Å². The number of anilines is 1. The Kier molecular flexibility index (Phi) is 5.73. The SMILES string of the molecule is CCc1ccc(Cl)cc1-c1[nH]c(-c2ccnc(N)n2)cc1C(=O)NCCO. The third kappa shape index (κ3) is 4.10. The molecule has 1 amide bonds. The van der Waals surface area contributed by atoms with Crippen molar-refractivity contribution < 1.29 is 9.90 Å². The number of aromatic amines is 1. The van der Waals surface area contributed by atoms with E-state index in [1.807, 2.05) is 25.1 Å². The standard InChI is InChI=1S/C19H20ClN5O2/c1-2-11-3-4-12(20)9-13(11)17-14(18(27)22-7-8-26)10-16(24-17)15-5-6-23-19(21)25-15/h3-6,9-10,24,26H,2,7-8H2,1H3,(H,22,27)(H2,21,23,25). The maximum absolute atomic E-state index is 12.7. The lowest BCUT2D eigenvalue weighted by Gasteiger charge is -2.10.